The fourth-order valence-electron chi connectivity index (χ4n) is 3.25. The number of fused-ring (bicyclic) bond motifs is 2. The summed E-state index contributed by atoms with van der Waals surface area (Å²) < 4.78 is 13.9. The van der Waals surface area contributed by atoms with E-state index in [-0.39, 0.29) is 23.7 Å². The molecule has 0 aliphatic carbocycles. The molecule has 2 heterocycles. The molecule has 2 fully saturated rings. The summed E-state index contributed by atoms with van der Waals surface area (Å²) >= 11 is 2.00. The quantitative estimate of drug-likeness (QED) is 0.796. The maximum absolute atomic E-state index is 13.9. The Balaban J connectivity index is 1.83. The monoisotopic (exact) mass is 289 g/mol. The minimum absolute atomic E-state index is 0.0411. The Kier molecular flexibility index (Phi) is 3.80. The van der Waals surface area contributed by atoms with Gasteiger partial charge >= 0.3 is 0 Å². The van der Waals surface area contributed by atoms with E-state index >= 15 is 0 Å². The summed E-state index contributed by atoms with van der Waals surface area (Å²) in [6.45, 7) is 0. The third-order valence-electron chi connectivity index (χ3n) is 4.24. The van der Waals surface area contributed by atoms with Crippen LogP contribution in [-0.2, 0) is 6.42 Å². The van der Waals surface area contributed by atoms with Crippen molar-refractivity contribution in [2.24, 2.45) is 5.92 Å². The summed E-state index contributed by atoms with van der Waals surface area (Å²) in [6.07, 6.45) is 4.35. The van der Waals surface area contributed by atoms with Crippen molar-refractivity contribution in [2.75, 3.05) is 0 Å². The van der Waals surface area contributed by atoms with Crippen LogP contribution in [0.15, 0.2) is 18.2 Å². The number of nitrogens with zero attached hydrogens (tertiary/aromatic N) is 1. The van der Waals surface area contributed by atoms with Gasteiger partial charge in [0.15, 0.2) is 5.78 Å². The van der Waals surface area contributed by atoms with Crippen LogP contribution in [0.25, 0.3) is 0 Å². The molecule has 4 heteroatoms. The number of carbonyl (C=O) groups is 1. The Morgan fingerprint density at radius 2 is 2.05 bits per heavy atom. The minimum Gasteiger partial charge on any atom is -0.294 e. The van der Waals surface area contributed by atoms with E-state index in [9.17, 15) is 9.18 Å². The van der Waals surface area contributed by atoms with Crippen molar-refractivity contribution >= 4 is 17.5 Å². The predicted octanol–water partition coefficient (Wildman–Crippen LogP) is 3.75. The fourth-order valence-corrected chi connectivity index (χ4v) is 5.03. The van der Waals surface area contributed by atoms with Crippen LogP contribution < -0.4 is 0 Å². The average molecular weight is 289 g/mol. The van der Waals surface area contributed by atoms with E-state index in [0.717, 1.165) is 12.8 Å². The lowest BCUT2D eigenvalue weighted by Crippen LogP contribution is -2.25. The molecule has 2 nitrogen and oxygen atoms in total. The summed E-state index contributed by atoms with van der Waals surface area (Å²) in [5, 5.41) is 9.87. The first-order valence-corrected chi connectivity index (χ1v) is 7.96. The molecule has 0 saturated carbocycles. The van der Waals surface area contributed by atoms with Crippen molar-refractivity contribution < 1.29 is 9.18 Å². The van der Waals surface area contributed by atoms with Gasteiger partial charge in [-0.1, -0.05) is 6.07 Å². The Bertz CT molecular complexity index is 568. The van der Waals surface area contributed by atoms with Crippen molar-refractivity contribution in [1.29, 1.82) is 5.26 Å². The van der Waals surface area contributed by atoms with Gasteiger partial charge < -0.3 is 0 Å². The minimum atomic E-state index is -0.456. The van der Waals surface area contributed by atoms with Crippen LogP contribution in [0.4, 0.5) is 4.39 Å². The number of hydrogen-bond acceptors (Lipinski definition) is 3. The number of Topliss-reactive ketones (excluding diaryl/α,β-unsaturated/α-hetero) is 1. The Hall–Kier alpha value is -1.34. The predicted molar refractivity (Wildman–Crippen MR) is 77.2 cm³/mol. The fraction of sp³-hybridized carbons (Fsp3) is 0.500. The first kappa shape index (κ1) is 13.6. The van der Waals surface area contributed by atoms with Gasteiger partial charge in [-0.15, -0.1) is 0 Å². The second-order valence-corrected chi connectivity index (χ2v) is 7.24. The van der Waals surface area contributed by atoms with Gasteiger partial charge in [-0.3, -0.25) is 4.79 Å². The zero-order valence-corrected chi connectivity index (χ0v) is 12.0. The Labute approximate surface area is 122 Å². The van der Waals surface area contributed by atoms with Gasteiger partial charge in [-0.05, 0) is 43.4 Å². The molecule has 20 heavy (non-hydrogen) atoms. The molecule has 2 bridgehead atoms. The van der Waals surface area contributed by atoms with Crippen molar-refractivity contribution in [3.63, 3.8) is 0 Å². The Morgan fingerprint density at radius 1 is 1.35 bits per heavy atom. The molecule has 2 aliphatic heterocycles. The molecule has 2 atom stereocenters. The first-order chi connectivity index (χ1) is 9.67. The molecule has 2 saturated heterocycles. The maximum Gasteiger partial charge on any atom is 0.168 e. The van der Waals surface area contributed by atoms with Gasteiger partial charge in [0.1, 0.15) is 5.82 Å². The van der Waals surface area contributed by atoms with Gasteiger partial charge in [0.25, 0.3) is 0 Å². The van der Waals surface area contributed by atoms with Crippen LogP contribution in [0.5, 0.6) is 0 Å². The molecule has 0 amide bonds. The highest BCUT2D eigenvalue weighted by molar-refractivity contribution is 8.00. The molecule has 0 N–H and O–H groups in total. The smallest absolute Gasteiger partial charge is 0.168 e. The van der Waals surface area contributed by atoms with E-state index in [2.05, 4.69) is 0 Å². The second kappa shape index (κ2) is 5.57. The van der Waals surface area contributed by atoms with E-state index in [0.29, 0.717) is 16.1 Å². The van der Waals surface area contributed by atoms with E-state index in [1.807, 2.05) is 17.8 Å². The van der Waals surface area contributed by atoms with Gasteiger partial charge in [-0.2, -0.15) is 17.0 Å². The molecule has 3 rings (SSSR count). The van der Waals surface area contributed by atoms with Crippen molar-refractivity contribution in [2.45, 2.75) is 42.6 Å². The lowest BCUT2D eigenvalue weighted by molar-refractivity contribution is 0.0902. The largest absolute Gasteiger partial charge is 0.294 e. The Morgan fingerprint density at radius 3 is 2.70 bits per heavy atom. The third-order valence-corrected chi connectivity index (χ3v) is 5.87. The molecule has 1 aromatic rings. The molecule has 104 valence electrons. The summed E-state index contributed by atoms with van der Waals surface area (Å²) in [5.74, 6) is -0.567. The highest BCUT2D eigenvalue weighted by Gasteiger charge is 2.38. The molecular formula is C16H16FNOS. The van der Waals surface area contributed by atoms with E-state index in [1.54, 1.807) is 12.1 Å². The van der Waals surface area contributed by atoms with Crippen LogP contribution in [0.3, 0.4) is 0 Å². The third kappa shape index (κ3) is 2.60. The van der Waals surface area contributed by atoms with Crippen molar-refractivity contribution in [3.8, 4) is 6.07 Å². The second-order valence-electron chi connectivity index (χ2n) is 5.64. The number of nitriles is 1. The number of benzene rings is 1. The lowest BCUT2D eigenvalue weighted by atomic mass is 9.89. The maximum atomic E-state index is 13.9. The normalized spacial score (nSPS) is 28.1. The number of carbonyl (C=O) groups excluding carboxylic acids is 1. The summed E-state index contributed by atoms with van der Waals surface area (Å²) in [6, 6.07) is 6.49. The van der Waals surface area contributed by atoms with Crippen LogP contribution >= 0.6 is 11.8 Å². The summed E-state index contributed by atoms with van der Waals surface area (Å²) in [4.78, 5) is 12.6. The van der Waals surface area contributed by atoms with Crippen molar-refractivity contribution in [3.05, 3.63) is 35.1 Å². The number of hydrogen-bond donors (Lipinski definition) is 0. The van der Waals surface area contributed by atoms with Crippen LogP contribution in [-0.4, -0.2) is 16.3 Å². The zero-order chi connectivity index (χ0) is 14.1. The van der Waals surface area contributed by atoms with Gasteiger partial charge in [0.05, 0.1) is 18.1 Å². The molecule has 0 radical (unpaired) electrons. The SMILES string of the molecule is N#CCc1ccc(F)c(C(=O)C2CC3CCC(C2)S3)c1. The van der Waals surface area contributed by atoms with Gasteiger partial charge in [0.2, 0.25) is 0 Å². The zero-order valence-electron chi connectivity index (χ0n) is 11.1. The highest BCUT2D eigenvalue weighted by Crippen LogP contribution is 2.46. The standard InChI is InChI=1S/C16H16FNOS/c17-15-4-1-10(5-6-18)7-14(15)16(19)11-8-12-2-3-13(9-11)20-12/h1,4,7,11-13H,2-3,5,8-9H2. The van der Waals surface area contributed by atoms with Crippen LogP contribution in [0.2, 0.25) is 0 Å². The van der Waals surface area contributed by atoms with Gasteiger partial charge in [0, 0.05) is 16.4 Å². The molecule has 2 aliphatic rings. The van der Waals surface area contributed by atoms with Crippen LogP contribution in [0, 0.1) is 23.1 Å². The lowest BCUT2D eigenvalue weighted by Gasteiger charge is -2.26. The molecule has 1 aromatic carbocycles. The molecule has 0 spiro atoms. The number of ketones is 1. The van der Waals surface area contributed by atoms with E-state index < -0.39 is 5.82 Å². The number of thioether (sulfide) groups is 1. The average Bonchev–Trinajstić information content (AvgIpc) is 2.79. The molecule has 2 unspecified atom stereocenters. The van der Waals surface area contributed by atoms with E-state index in [4.69, 9.17) is 5.26 Å². The number of rotatable bonds is 3. The first-order valence-electron chi connectivity index (χ1n) is 7.02. The topological polar surface area (TPSA) is 40.9 Å². The number of halogens is 1. The van der Waals surface area contributed by atoms with Crippen molar-refractivity contribution in [1.82, 2.24) is 0 Å². The highest BCUT2D eigenvalue weighted by atomic mass is 32.2. The summed E-state index contributed by atoms with van der Waals surface area (Å²) in [5.41, 5.74) is 0.888. The molecular weight excluding hydrogens is 273 g/mol. The van der Waals surface area contributed by atoms with Crippen LogP contribution in [0.1, 0.15) is 41.6 Å². The van der Waals surface area contributed by atoms with Gasteiger partial charge in [-0.25, -0.2) is 4.39 Å². The van der Waals surface area contributed by atoms with E-state index in [1.165, 1.54) is 18.9 Å². The molecule has 0 aromatic heterocycles. The summed E-state index contributed by atoms with van der Waals surface area (Å²) in [7, 11) is 0.